The maximum absolute atomic E-state index is 4.61. The van der Waals surface area contributed by atoms with Crippen molar-refractivity contribution in [3.63, 3.8) is 0 Å². The summed E-state index contributed by atoms with van der Waals surface area (Å²) in [6.07, 6.45) is 6.12. The van der Waals surface area contributed by atoms with E-state index in [-0.39, 0.29) is 10.8 Å². The Hall–Kier alpha value is -1.86. The molecule has 0 spiro atoms. The molecule has 0 aliphatic rings. The Morgan fingerprint density at radius 2 is 1.31 bits per heavy atom. The van der Waals surface area contributed by atoms with Crippen LogP contribution in [0.3, 0.4) is 0 Å². The van der Waals surface area contributed by atoms with Crippen molar-refractivity contribution in [2.24, 2.45) is 34.5 Å². The molecule has 42 heavy (non-hydrogen) atoms. The van der Waals surface area contributed by atoms with Crippen LogP contribution in [0.4, 0.5) is 0 Å². The van der Waals surface area contributed by atoms with Crippen molar-refractivity contribution in [3.8, 4) is 0 Å². The van der Waals surface area contributed by atoms with Gasteiger partial charge in [0.15, 0.2) is 0 Å². The van der Waals surface area contributed by atoms with Gasteiger partial charge in [-0.2, -0.15) is 0 Å². The van der Waals surface area contributed by atoms with Crippen LogP contribution in [0.5, 0.6) is 0 Å². The van der Waals surface area contributed by atoms with Gasteiger partial charge in [-0.05, 0) is 95.5 Å². The first kappa shape index (κ1) is 36.3. The molecular weight excluding hydrogens is 506 g/mol. The van der Waals surface area contributed by atoms with Gasteiger partial charge in [0, 0.05) is 6.04 Å². The molecule has 0 heterocycles. The van der Waals surface area contributed by atoms with Gasteiger partial charge in [-0.1, -0.05) is 157 Å². The Labute approximate surface area is 262 Å². The smallest absolute Gasteiger partial charge is 0.0344 e. The summed E-state index contributed by atoms with van der Waals surface area (Å²) in [5, 5.41) is 0. The lowest BCUT2D eigenvalue weighted by atomic mass is 9.50. The molecule has 0 saturated carbocycles. The van der Waals surface area contributed by atoms with Crippen molar-refractivity contribution in [1.82, 2.24) is 4.90 Å². The second-order valence-corrected chi connectivity index (χ2v) is 15.2. The van der Waals surface area contributed by atoms with E-state index >= 15 is 0 Å². The molecule has 0 N–H and O–H groups in total. The molecule has 5 unspecified atom stereocenters. The summed E-state index contributed by atoms with van der Waals surface area (Å²) in [4.78, 5) is 2.33. The van der Waals surface area contributed by atoms with Crippen LogP contribution in [0.25, 0.3) is 5.57 Å². The predicted molar refractivity (Wildman–Crippen MR) is 189 cm³/mol. The van der Waals surface area contributed by atoms with E-state index in [1.807, 2.05) is 0 Å². The van der Waals surface area contributed by atoms with Crippen LogP contribution in [0.2, 0.25) is 0 Å². The Balaban J connectivity index is 2.64. The zero-order valence-electron chi connectivity index (χ0n) is 29.9. The summed E-state index contributed by atoms with van der Waals surface area (Å²) in [7, 11) is 4.38. The van der Waals surface area contributed by atoms with E-state index in [2.05, 4.69) is 156 Å². The second kappa shape index (κ2) is 15.7. The van der Waals surface area contributed by atoms with Gasteiger partial charge >= 0.3 is 0 Å². The third-order valence-electron chi connectivity index (χ3n) is 11.6. The molecule has 1 nitrogen and oxygen atoms in total. The van der Waals surface area contributed by atoms with Gasteiger partial charge in [0.2, 0.25) is 0 Å². The van der Waals surface area contributed by atoms with Gasteiger partial charge in [0.25, 0.3) is 0 Å². The monoisotopic (exact) mass is 574 g/mol. The average Bonchev–Trinajstić information content (AvgIpc) is 2.94. The van der Waals surface area contributed by atoms with Gasteiger partial charge in [0.1, 0.15) is 0 Å². The fourth-order valence-electron chi connectivity index (χ4n) is 8.23. The molecule has 1 heteroatoms. The average molecular weight is 574 g/mol. The lowest BCUT2D eigenvalue weighted by Gasteiger charge is -2.54. The molecule has 2 aromatic rings. The summed E-state index contributed by atoms with van der Waals surface area (Å²) in [6, 6.07) is 21.3. The van der Waals surface area contributed by atoms with Crippen molar-refractivity contribution in [2.45, 2.75) is 126 Å². The lowest BCUT2D eigenvalue weighted by Crippen LogP contribution is -2.45. The van der Waals surface area contributed by atoms with Crippen LogP contribution in [-0.2, 0) is 0 Å². The van der Waals surface area contributed by atoms with E-state index in [0.717, 1.165) is 18.8 Å². The van der Waals surface area contributed by atoms with Gasteiger partial charge in [-0.3, -0.25) is 0 Å². The highest BCUT2D eigenvalue weighted by atomic mass is 15.1. The normalized spacial score (nSPS) is 17.1. The minimum absolute atomic E-state index is 0.0596. The topological polar surface area (TPSA) is 3.24 Å². The molecule has 236 valence electrons. The summed E-state index contributed by atoms with van der Waals surface area (Å²) in [5.41, 5.74) is 5.63. The largest absolute Gasteiger partial charge is 0.302 e. The predicted octanol–water partition coefficient (Wildman–Crippen LogP) is 12.1. The Morgan fingerprint density at radius 3 is 1.76 bits per heavy atom. The summed E-state index contributed by atoms with van der Waals surface area (Å²) >= 11 is 0. The SMILES string of the molecule is C=C(c1ccc(C(C(C)C(C)C(CC)CCC)C(C)(C)C(C)(C)C(CC)c2ccccc2)cc1)[C@H](CC(C)C)N(C)C. The second-order valence-electron chi connectivity index (χ2n) is 15.2. The molecule has 0 radical (unpaired) electrons. The third-order valence-corrected chi connectivity index (χ3v) is 11.6. The Bertz CT molecular complexity index is 1060. The van der Waals surface area contributed by atoms with Crippen molar-refractivity contribution in [2.75, 3.05) is 14.1 Å². The molecular formula is C41H67N. The molecule has 0 amide bonds. The molecule has 6 atom stereocenters. The first-order chi connectivity index (χ1) is 19.6. The molecule has 0 aliphatic heterocycles. The van der Waals surface area contributed by atoms with Crippen molar-refractivity contribution in [3.05, 3.63) is 77.9 Å². The molecule has 2 aromatic carbocycles. The Kier molecular flexibility index (Phi) is 13.6. The first-order valence-corrected chi connectivity index (χ1v) is 17.2. The highest BCUT2D eigenvalue weighted by molar-refractivity contribution is 5.67. The zero-order valence-corrected chi connectivity index (χ0v) is 29.9. The van der Waals surface area contributed by atoms with Crippen molar-refractivity contribution < 1.29 is 0 Å². The highest BCUT2D eigenvalue weighted by Gasteiger charge is 2.50. The Morgan fingerprint density at radius 1 is 0.738 bits per heavy atom. The minimum Gasteiger partial charge on any atom is -0.302 e. The van der Waals surface area contributed by atoms with Crippen LogP contribution < -0.4 is 0 Å². The van der Waals surface area contributed by atoms with E-state index in [0.29, 0.717) is 35.6 Å². The molecule has 0 aromatic heterocycles. The summed E-state index contributed by atoms with van der Waals surface area (Å²) in [6.45, 7) is 31.7. The lowest BCUT2D eigenvalue weighted by molar-refractivity contribution is 0.00853. The standard InChI is InChI=1S/C41H67N/c1-15-21-33(16-2)30(6)31(7)39(41(11,12)40(9,10)37(17-3)35-22-19-18-20-23-35)36-26-24-34(25-27-36)32(8)38(42(13)14)28-29(4)5/h18-20,22-27,29-31,33,37-39H,8,15-17,21,28H2,1-7,9-14H3/t30?,31?,33?,37?,38-,39?/m0/s1. The summed E-state index contributed by atoms with van der Waals surface area (Å²) in [5.74, 6) is 3.55. The van der Waals surface area contributed by atoms with E-state index in [9.17, 15) is 0 Å². The van der Waals surface area contributed by atoms with Crippen LogP contribution in [0.1, 0.15) is 137 Å². The maximum Gasteiger partial charge on any atom is 0.0344 e. The molecule has 0 bridgehead atoms. The van der Waals surface area contributed by atoms with Crippen LogP contribution in [0, 0.1) is 34.5 Å². The number of hydrogen-bond acceptors (Lipinski definition) is 1. The van der Waals surface area contributed by atoms with E-state index in [1.54, 1.807) is 0 Å². The van der Waals surface area contributed by atoms with Gasteiger partial charge in [0.05, 0.1) is 0 Å². The molecule has 0 saturated heterocycles. The van der Waals surface area contributed by atoms with Crippen LogP contribution in [-0.4, -0.2) is 25.0 Å². The molecule has 0 fully saturated rings. The van der Waals surface area contributed by atoms with Gasteiger partial charge in [-0.25, -0.2) is 0 Å². The number of benzene rings is 2. The summed E-state index contributed by atoms with van der Waals surface area (Å²) < 4.78 is 0. The third kappa shape index (κ3) is 8.19. The highest BCUT2D eigenvalue weighted by Crippen LogP contribution is 2.60. The maximum atomic E-state index is 4.61. The van der Waals surface area contributed by atoms with E-state index in [4.69, 9.17) is 0 Å². The van der Waals surface area contributed by atoms with Gasteiger partial charge < -0.3 is 4.90 Å². The number of likely N-dealkylation sites (N-methyl/N-ethyl adjacent to an activating group) is 1. The van der Waals surface area contributed by atoms with Crippen LogP contribution >= 0.6 is 0 Å². The van der Waals surface area contributed by atoms with E-state index < -0.39 is 0 Å². The minimum atomic E-state index is 0.0596. The number of rotatable bonds is 17. The van der Waals surface area contributed by atoms with Crippen LogP contribution in [0.15, 0.2) is 61.2 Å². The fourth-order valence-corrected chi connectivity index (χ4v) is 8.23. The van der Waals surface area contributed by atoms with Crippen molar-refractivity contribution >= 4 is 5.57 Å². The number of hydrogen-bond donors (Lipinski definition) is 0. The first-order valence-electron chi connectivity index (χ1n) is 17.2. The zero-order chi connectivity index (χ0) is 31.8. The fraction of sp³-hybridized carbons (Fsp3) is 0.659. The van der Waals surface area contributed by atoms with E-state index in [1.165, 1.54) is 41.5 Å². The quantitative estimate of drug-likeness (QED) is 0.182. The molecule has 2 rings (SSSR count). The number of nitrogens with zero attached hydrogens (tertiary/aromatic N) is 1. The van der Waals surface area contributed by atoms with Gasteiger partial charge in [-0.15, -0.1) is 0 Å². The van der Waals surface area contributed by atoms with Crippen molar-refractivity contribution in [1.29, 1.82) is 0 Å². The molecule has 0 aliphatic carbocycles.